The normalized spacial score (nSPS) is 10.3. The van der Waals surface area contributed by atoms with Gasteiger partial charge in [-0.3, -0.25) is 4.79 Å². The van der Waals surface area contributed by atoms with Crippen LogP contribution in [0.5, 0.6) is 0 Å². The zero-order valence-corrected chi connectivity index (χ0v) is 9.61. The highest BCUT2D eigenvalue weighted by Crippen LogP contribution is 2.08. The van der Waals surface area contributed by atoms with Gasteiger partial charge in [0.25, 0.3) is 0 Å². The molecule has 0 fully saturated rings. The summed E-state index contributed by atoms with van der Waals surface area (Å²) in [5.41, 5.74) is 2.36. The molecule has 0 aliphatic carbocycles. The lowest BCUT2D eigenvalue weighted by atomic mass is 10.0. The van der Waals surface area contributed by atoms with Crippen molar-refractivity contribution in [2.45, 2.75) is 25.7 Å². The number of aliphatic carboxylic acids is 1. The van der Waals surface area contributed by atoms with Crippen LogP contribution in [0.3, 0.4) is 0 Å². The van der Waals surface area contributed by atoms with Crippen LogP contribution in [0, 0.1) is 0 Å². The molecule has 0 spiro atoms. The van der Waals surface area contributed by atoms with Crippen molar-refractivity contribution in [1.29, 1.82) is 0 Å². The van der Waals surface area contributed by atoms with E-state index in [1.165, 1.54) is 5.56 Å². The second-order valence-corrected chi connectivity index (χ2v) is 3.81. The second kappa shape index (κ2) is 7.01. The standard InChI is InChI=1S/C13H18O3/c1-16-10-2-3-11-4-6-12(7-5-11)8-9-13(14)15/h4-7H,2-3,8-10H2,1H3,(H,14,15). The lowest BCUT2D eigenvalue weighted by Gasteiger charge is -2.03. The summed E-state index contributed by atoms with van der Waals surface area (Å²) in [6.07, 6.45) is 2.83. The summed E-state index contributed by atoms with van der Waals surface area (Å²) in [7, 11) is 1.70. The van der Waals surface area contributed by atoms with E-state index in [0.29, 0.717) is 6.42 Å². The topological polar surface area (TPSA) is 46.5 Å². The van der Waals surface area contributed by atoms with Crippen molar-refractivity contribution in [3.8, 4) is 0 Å². The van der Waals surface area contributed by atoms with E-state index in [4.69, 9.17) is 9.84 Å². The highest BCUT2D eigenvalue weighted by Gasteiger charge is 1.99. The van der Waals surface area contributed by atoms with Crippen LogP contribution < -0.4 is 0 Å². The minimum atomic E-state index is -0.746. The van der Waals surface area contributed by atoms with Crippen LogP contribution in [0.4, 0.5) is 0 Å². The minimum Gasteiger partial charge on any atom is -0.481 e. The molecule has 1 aromatic carbocycles. The van der Waals surface area contributed by atoms with Gasteiger partial charge < -0.3 is 9.84 Å². The number of rotatable bonds is 7. The summed E-state index contributed by atoms with van der Waals surface area (Å²) >= 11 is 0. The maximum Gasteiger partial charge on any atom is 0.303 e. The molecule has 1 aromatic rings. The predicted molar refractivity (Wildman–Crippen MR) is 62.6 cm³/mol. The number of carboxylic acid groups (broad SMARTS) is 1. The van der Waals surface area contributed by atoms with Crippen molar-refractivity contribution >= 4 is 5.97 Å². The molecule has 0 radical (unpaired) electrons. The van der Waals surface area contributed by atoms with Gasteiger partial charge >= 0.3 is 5.97 Å². The van der Waals surface area contributed by atoms with Gasteiger partial charge in [0.05, 0.1) is 0 Å². The molecular weight excluding hydrogens is 204 g/mol. The first-order valence-corrected chi connectivity index (χ1v) is 5.51. The zero-order chi connectivity index (χ0) is 11.8. The zero-order valence-electron chi connectivity index (χ0n) is 9.61. The fourth-order valence-corrected chi connectivity index (χ4v) is 1.54. The molecule has 0 aliphatic rings. The van der Waals surface area contributed by atoms with Crippen molar-refractivity contribution in [2.24, 2.45) is 0 Å². The van der Waals surface area contributed by atoms with Gasteiger partial charge in [-0.15, -0.1) is 0 Å². The van der Waals surface area contributed by atoms with E-state index in [9.17, 15) is 4.79 Å². The molecule has 0 heterocycles. The van der Waals surface area contributed by atoms with Gasteiger partial charge in [-0.05, 0) is 30.4 Å². The molecule has 0 saturated heterocycles. The van der Waals surface area contributed by atoms with Crippen LogP contribution in [0.15, 0.2) is 24.3 Å². The molecule has 0 saturated carbocycles. The van der Waals surface area contributed by atoms with Gasteiger partial charge in [-0.2, -0.15) is 0 Å². The summed E-state index contributed by atoms with van der Waals surface area (Å²) in [5.74, 6) is -0.746. The third-order valence-electron chi connectivity index (χ3n) is 2.46. The van der Waals surface area contributed by atoms with E-state index in [2.05, 4.69) is 12.1 Å². The number of ether oxygens (including phenoxy) is 1. The lowest BCUT2D eigenvalue weighted by Crippen LogP contribution is -1.98. The summed E-state index contributed by atoms with van der Waals surface area (Å²) in [4.78, 5) is 10.4. The Kier molecular flexibility index (Phi) is 5.57. The summed E-state index contributed by atoms with van der Waals surface area (Å²) in [6.45, 7) is 0.779. The SMILES string of the molecule is COCCCc1ccc(CCC(=O)O)cc1. The van der Waals surface area contributed by atoms with Crippen molar-refractivity contribution in [1.82, 2.24) is 0 Å². The average Bonchev–Trinajstić information content (AvgIpc) is 2.28. The molecule has 0 amide bonds. The average molecular weight is 222 g/mol. The molecule has 3 nitrogen and oxygen atoms in total. The van der Waals surface area contributed by atoms with Gasteiger partial charge in [0.2, 0.25) is 0 Å². The molecule has 1 N–H and O–H groups in total. The smallest absolute Gasteiger partial charge is 0.303 e. The van der Waals surface area contributed by atoms with E-state index < -0.39 is 5.97 Å². The van der Waals surface area contributed by atoms with E-state index in [0.717, 1.165) is 25.0 Å². The monoisotopic (exact) mass is 222 g/mol. The maximum absolute atomic E-state index is 10.4. The number of hydrogen-bond donors (Lipinski definition) is 1. The fraction of sp³-hybridized carbons (Fsp3) is 0.462. The highest BCUT2D eigenvalue weighted by atomic mass is 16.5. The van der Waals surface area contributed by atoms with E-state index in [1.807, 2.05) is 12.1 Å². The molecule has 3 heteroatoms. The molecule has 16 heavy (non-hydrogen) atoms. The van der Waals surface area contributed by atoms with Gasteiger partial charge in [0.15, 0.2) is 0 Å². The Morgan fingerprint density at radius 1 is 1.19 bits per heavy atom. The Morgan fingerprint density at radius 2 is 1.75 bits per heavy atom. The molecule has 0 atom stereocenters. The fourth-order valence-electron chi connectivity index (χ4n) is 1.54. The molecule has 0 aliphatic heterocycles. The van der Waals surface area contributed by atoms with Crippen LogP contribution in [0.2, 0.25) is 0 Å². The third kappa shape index (κ3) is 4.94. The third-order valence-corrected chi connectivity index (χ3v) is 2.46. The Labute approximate surface area is 96.1 Å². The van der Waals surface area contributed by atoms with Gasteiger partial charge in [0, 0.05) is 20.1 Å². The quantitative estimate of drug-likeness (QED) is 0.720. The first kappa shape index (κ1) is 12.7. The van der Waals surface area contributed by atoms with Gasteiger partial charge in [0.1, 0.15) is 0 Å². The molecule has 88 valence electrons. The van der Waals surface area contributed by atoms with Crippen LogP contribution in [-0.4, -0.2) is 24.8 Å². The van der Waals surface area contributed by atoms with E-state index >= 15 is 0 Å². The Balaban J connectivity index is 2.38. The van der Waals surface area contributed by atoms with Crippen molar-refractivity contribution in [3.63, 3.8) is 0 Å². The van der Waals surface area contributed by atoms with Crippen molar-refractivity contribution < 1.29 is 14.6 Å². The largest absolute Gasteiger partial charge is 0.481 e. The number of benzene rings is 1. The summed E-state index contributed by atoms with van der Waals surface area (Å²) in [6, 6.07) is 8.13. The van der Waals surface area contributed by atoms with Crippen molar-refractivity contribution in [2.75, 3.05) is 13.7 Å². The van der Waals surface area contributed by atoms with E-state index in [1.54, 1.807) is 7.11 Å². The number of hydrogen-bond acceptors (Lipinski definition) is 2. The van der Waals surface area contributed by atoms with Crippen molar-refractivity contribution in [3.05, 3.63) is 35.4 Å². The van der Waals surface area contributed by atoms with Gasteiger partial charge in [-0.25, -0.2) is 0 Å². The Bertz CT molecular complexity index is 316. The summed E-state index contributed by atoms with van der Waals surface area (Å²) in [5, 5.41) is 8.56. The van der Waals surface area contributed by atoms with Crippen LogP contribution in [0.1, 0.15) is 24.0 Å². The molecule has 0 aromatic heterocycles. The second-order valence-electron chi connectivity index (χ2n) is 3.81. The Morgan fingerprint density at radius 3 is 2.25 bits per heavy atom. The predicted octanol–water partition coefficient (Wildman–Crippen LogP) is 2.28. The molecule has 0 bridgehead atoms. The molecule has 1 rings (SSSR count). The highest BCUT2D eigenvalue weighted by molar-refractivity contribution is 5.67. The Hall–Kier alpha value is -1.35. The number of methoxy groups -OCH3 is 1. The lowest BCUT2D eigenvalue weighted by molar-refractivity contribution is -0.136. The number of aryl methyl sites for hydroxylation is 2. The summed E-state index contributed by atoms with van der Waals surface area (Å²) < 4.78 is 4.99. The number of carbonyl (C=O) groups is 1. The first-order valence-electron chi connectivity index (χ1n) is 5.51. The van der Waals surface area contributed by atoms with Crippen LogP contribution >= 0.6 is 0 Å². The first-order chi connectivity index (χ1) is 7.72. The van der Waals surface area contributed by atoms with E-state index in [-0.39, 0.29) is 6.42 Å². The van der Waals surface area contributed by atoms with Crippen LogP contribution in [0.25, 0.3) is 0 Å². The van der Waals surface area contributed by atoms with Gasteiger partial charge in [-0.1, -0.05) is 24.3 Å². The van der Waals surface area contributed by atoms with Crippen LogP contribution in [-0.2, 0) is 22.4 Å². The maximum atomic E-state index is 10.4. The molecule has 0 unspecified atom stereocenters. The number of carboxylic acids is 1. The minimum absolute atomic E-state index is 0.197. The molecular formula is C13H18O3.